The number of hydrogen-bond acceptors (Lipinski definition) is 3. The first kappa shape index (κ1) is 12.3. The molecule has 0 bridgehead atoms. The van der Waals surface area contributed by atoms with Crippen LogP contribution >= 0.6 is 12.2 Å². The van der Waals surface area contributed by atoms with Gasteiger partial charge in [-0.05, 0) is 17.7 Å². The number of nitrogens with two attached hydrogens (primary N) is 1. The summed E-state index contributed by atoms with van der Waals surface area (Å²) in [5, 5.41) is 8.73. The van der Waals surface area contributed by atoms with Crippen LogP contribution in [0, 0.1) is 11.3 Å². The van der Waals surface area contributed by atoms with Gasteiger partial charge < -0.3 is 10.3 Å². The quantitative estimate of drug-likeness (QED) is 0.844. The van der Waals surface area contributed by atoms with Crippen molar-refractivity contribution in [3.63, 3.8) is 0 Å². The molecule has 4 nitrogen and oxygen atoms in total. The largest absolute Gasteiger partial charge is 0.393 e. The molecule has 0 aliphatic carbocycles. The first-order chi connectivity index (χ1) is 8.69. The molecule has 0 unspecified atom stereocenters. The van der Waals surface area contributed by atoms with E-state index in [1.807, 2.05) is 16.7 Å². The summed E-state index contributed by atoms with van der Waals surface area (Å²) in [6.07, 6.45) is 4.07. The van der Waals surface area contributed by atoms with Crippen molar-refractivity contribution in [1.29, 1.82) is 5.26 Å². The topological polar surface area (TPSA) is 67.6 Å². The normalized spacial score (nSPS) is 9.94. The maximum absolute atomic E-state index is 8.73. The van der Waals surface area contributed by atoms with E-state index < -0.39 is 0 Å². The van der Waals surface area contributed by atoms with Crippen LogP contribution in [0.3, 0.4) is 0 Å². The lowest BCUT2D eigenvalue weighted by molar-refractivity contribution is 0.762. The van der Waals surface area contributed by atoms with E-state index in [0.29, 0.717) is 23.5 Å². The fourth-order valence-electron chi connectivity index (χ4n) is 1.70. The van der Waals surface area contributed by atoms with Crippen molar-refractivity contribution < 1.29 is 0 Å². The highest BCUT2D eigenvalue weighted by Gasteiger charge is 2.04. The Labute approximate surface area is 111 Å². The van der Waals surface area contributed by atoms with Crippen LogP contribution in [0.1, 0.15) is 16.8 Å². The minimum atomic E-state index is 0.455. The molecule has 1 aromatic carbocycles. The summed E-state index contributed by atoms with van der Waals surface area (Å²) in [5.41, 5.74) is 8.30. The van der Waals surface area contributed by atoms with Gasteiger partial charge in [0, 0.05) is 24.9 Å². The van der Waals surface area contributed by atoms with Gasteiger partial charge in [0.1, 0.15) is 0 Å². The van der Waals surface area contributed by atoms with Gasteiger partial charge in [-0.15, -0.1) is 0 Å². The molecule has 0 spiro atoms. The molecular weight excluding hydrogens is 244 g/mol. The second kappa shape index (κ2) is 5.43. The van der Waals surface area contributed by atoms with E-state index in [0.717, 1.165) is 11.3 Å². The van der Waals surface area contributed by atoms with Crippen molar-refractivity contribution in [2.75, 3.05) is 0 Å². The Morgan fingerprint density at radius 2 is 2.11 bits per heavy atom. The zero-order valence-corrected chi connectivity index (χ0v) is 10.5. The monoisotopic (exact) mass is 256 g/mol. The van der Waals surface area contributed by atoms with Gasteiger partial charge in [0.25, 0.3) is 0 Å². The van der Waals surface area contributed by atoms with Gasteiger partial charge in [-0.3, -0.25) is 0 Å². The lowest BCUT2D eigenvalue weighted by Crippen LogP contribution is -2.14. The molecule has 2 N–H and O–H groups in total. The highest BCUT2D eigenvalue weighted by atomic mass is 32.1. The van der Waals surface area contributed by atoms with Gasteiger partial charge in [-0.25, -0.2) is 4.98 Å². The van der Waals surface area contributed by atoms with Gasteiger partial charge in [0.15, 0.2) is 0 Å². The van der Waals surface area contributed by atoms with Crippen molar-refractivity contribution in [1.82, 2.24) is 9.55 Å². The first-order valence-corrected chi connectivity index (χ1v) is 5.86. The Morgan fingerprint density at radius 3 is 2.72 bits per heavy atom. The first-order valence-electron chi connectivity index (χ1n) is 5.45. The van der Waals surface area contributed by atoms with E-state index >= 15 is 0 Å². The Balaban J connectivity index is 2.16. The van der Waals surface area contributed by atoms with Gasteiger partial charge in [-0.1, -0.05) is 24.4 Å². The van der Waals surface area contributed by atoms with E-state index in [4.69, 9.17) is 23.2 Å². The summed E-state index contributed by atoms with van der Waals surface area (Å²) >= 11 is 4.90. The van der Waals surface area contributed by atoms with Crippen LogP contribution in [0.15, 0.2) is 36.8 Å². The molecule has 0 aliphatic rings. The summed E-state index contributed by atoms with van der Waals surface area (Å²) in [7, 11) is 0. The van der Waals surface area contributed by atoms with Crippen LogP contribution in [-0.4, -0.2) is 14.5 Å². The van der Waals surface area contributed by atoms with Crippen molar-refractivity contribution in [2.24, 2.45) is 5.73 Å². The molecule has 0 aliphatic heterocycles. The molecule has 2 aromatic rings. The van der Waals surface area contributed by atoms with Crippen molar-refractivity contribution in [2.45, 2.75) is 13.0 Å². The van der Waals surface area contributed by atoms with Crippen LogP contribution in [0.5, 0.6) is 0 Å². The van der Waals surface area contributed by atoms with Crippen molar-refractivity contribution >= 4 is 17.2 Å². The minimum absolute atomic E-state index is 0.455. The Bertz CT molecular complexity index is 592. The van der Waals surface area contributed by atoms with Crippen LogP contribution in [0.4, 0.5) is 0 Å². The molecule has 0 amide bonds. The van der Waals surface area contributed by atoms with Crippen LogP contribution in [-0.2, 0) is 13.0 Å². The number of nitriles is 1. The fraction of sp³-hybridized carbons (Fsp3) is 0.154. The summed E-state index contributed by atoms with van der Waals surface area (Å²) in [6, 6.07) is 9.58. The number of imidazole rings is 1. The summed E-state index contributed by atoms with van der Waals surface area (Å²) in [4.78, 5) is 4.56. The third-order valence-electron chi connectivity index (χ3n) is 2.59. The number of hydrogen-bond donors (Lipinski definition) is 1. The van der Waals surface area contributed by atoms with E-state index in [9.17, 15) is 0 Å². The van der Waals surface area contributed by atoms with Gasteiger partial charge in [-0.2, -0.15) is 5.26 Å². The zero-order valence-electron chi connectivity index (χ0n) is 9.71. The lowest BCUT2D eigenvalue weighted by Gasteiger charge is -2.07. The predicted octanol–water partition coefficient (Wildman–Crippen LogP) is 1.63. The fourth-order valence-corrected chi connectivity index (χ4v) is 1.85. The van der Waals surface area contributed by atoms with E-state index in [1.54, 1.807) is 24.7 Å². The zero-order chi connectivity index (χ0) is 13.0. The highest BCUT2D eigenvalue weighted by Crippen LogP contribution is 2.08. The average molecular weight is 256 g/mol. The Hall–Kier alpha value is -2.19. The summed E-state index contributed by atoms with van der Waals surface area (Å²) in [6.45, 7) is 0.698. The Kier molecular flexibility index (Phi) is 3.70. The molecule has 2 rings (SSSR count). The van der Waals surface area contributed by atoms with E-state index in [-0.39, 0.29) is 0 Å². The van der Waals surface area contributed by atoms with E-state index in [2.05, 4.69) is 11.1 Å². The molecule has 0 radical (unpaired) electrons. The second-order valence-electron chi connectivity index (χ2n) is 3.96. The molecule has 5 heteroatoms. The summed E-state index contributed by atoms with van der Waals surface area (Å²) < 4.78 is 2.00. The molecule has 0 fully saturated rings. The van der Waals surface area contributed by atoms with E-state index in [1.165, 1.54) is 0 Å². The Morgan fingerprint density at radius 1 is 1.39 bits per heavy atom. The molecule has 0 atom stereocenters. The molecule has 90 valence electrons. The molecule has 1 heterocycles. The number of benzene rings is 1. The molecule has 18 heavy (non-hydrogen) atoms. The number of thiocarbonyl (C=S) groups is 1. The second-order valence-corrected chi connectivity index (χ2v) is 4.49. The molecule has 0 saturated carbocycles. The average Bonchev–Trinajstić information content (AvgIpc) is 2.77. The molecule has 0 saturated heterocycles. The number of aromatic nitrogens is 2. The molecular formula is C13H12N4S. The summed E-state index contributed by atoms with van der Waals surface area (Å²) in [5.74, 6) is 0. The number of nitrogens with zero attached hydrogens (tertiary/aromatic N) is 3. The lowest BCUT2D eigenvalue weighted by atomic mass is 10.1. The predicted molar refractivity (Wildman–Crippen MR) is 73.0 cm³/mol. The standard InChI is InChI=1S/C13H12N4S/c14-6-10-1-3-11(4-2-10)8-17-9-16-7-12(17)5-13(15)18/h1-4,7,9H,5,8H2,(H2,15,18). The van der Waals surface area contributed by atoms with Crippen LogP contribution in [0.25, 0.3) is 0 Å². The maximum Gasteiger partial charge on any atom is 0.0991 e. The van der Waals surface area contributed by atoms with Gasteiger partial charge >= 0.3 is 0 Å². The smallest absolute Gasteiger partial charge is 0.0991 e. The van der Waals surface area contributed by atoms with Gasteiger partial charge in [0.05, 0.1) is 22.9 Å². The SMILES string of the molecule is N#Cc1ccc(Cn2cncc2CC(N)=S)cc1. The number of rotatable bonds is 4. The van der Waals surface area contributed by atoms with Crippen LogP contribution in [0.2, 0.25) is 0 Å². The van der Waals surface area contributed by atoms with Crippen LogP contribution < -0.4 is 5.73 Å². The third kappa shape index (κ3) is 2.93. The maximum atomic E-state index is 8.73. The van der Waals surface area contributed by atoms with Crippen molar-refractivity contribution in [3.8, 4) is 6.07 Å². The van der Waals surface area contributed by atoms with Gasteiger partial charge in [0.2, 0.25) is 0 Å². The molecule has 1 aromatic heterocycles. The van der Waals surface area contributed by atoms with Crippen molar-refractivity contribution in [3.05, 3.63) is 53.6 Å². The minimum Gasteiger partial charge on any atom is -0.393 e. The highest BCUT2D eigenvalue weighted by molar-refractivity contribution is 7.80. The third-order valence-corrected chi connectivity index (χ3v) is 2.73.